The molecule has 0 aromatic heterocycles. The minimum atomic E-state index is -2.98. The zero-order valence-electron chi connectivity index (χ0n) is 13.7. The van der Waals surface area contributed by atoms with Crippen molar-refractivity contribution >= 4 is 11.7 Å². The molecule has 0 aliphatic heterocycles. The van der Waals surface area contributed by atoms with E-state index in [1.807, 2.05) is 30.3 Å². The van der Waals surface area contributed by atoms with Crippen LogP contribution in [0, 0.1) is 0 Å². The lowest BCUT2D eigenvalue weighted by molar-refractivity contribution is -0.0493. The summed E-state index contributed by atoms with van der Waals surface area (Å²) in [6.07, 6.45) is 0.350. The average molecular weight is 350 g/mol. The molecule has 1 atom stereocenters. The maximum atomic E-state index is 12.5. The standard InChI is InChI=1S/C18H20F2N2O3/c1-22(15(11-12-23)13-7-3-2-4-8-13)18(24)21-14-9-5-6-10-16(14)25-17(19)20/h2-10,15,17,23H,11-12H2,1H3,(H,21,24)/t15-/m1/s1. The van der Waals surface area contributed by atoms with Crippen LogP contribution in [0.5, 0.6) is 5.75 Å². The number of ether oxygens (including phenoxy) is 1. The van der Waals surface area contributed by atoms with E-state index in [0.29, 0.717) is 6.42 Å². The molecule has 2 N–H and O–H groups in total. The van der Waals surface area contributed by atoms with Crippen LogP contribution in [0.1, 0.15) is 18.0 Å². The fourth-order valence-electron chi connectivity index (χ4n) is 2.49. The second-order valence-electron chi connectivity index (χ2n) is 5.35. The number of halogens is 2. The third-order valence-corrected chi connectivity index (χ3v) is 3.72. The van der Waals surface area contributed by atoms with Crippen LogP contribution < -0.4 is 10.1 Å². The number of aliphatic hydroxyl groups is 1. The first-order valence-electron chi connectivity index (χ1n) is 7.76. The normalized spacial score (nSPS) is 11.9. The largest absolute Gasteiger partial charge is 0.433 e. The Balaban J connectivity index is 2.16. The zero-order chi connectivity index (χ0) is 18.2. The molecule has 0 saturated carbocycles. The molecule has 7 heteroatoms. The van der Waals surface area contributed by atoms with Crippen LogP contribution in [0.15, 0.2) is 54.6 Å². The van der Waals surface area contributed by atoms with Crippen LogP contribution in [0.4, 0.5) is 19.3 Å². The predicted octanol–water partition coefficient (Wildman–Crippen LogP) is 3.88. The summed E-state index contributed by atoms with van der Waals surface area (Å²) < 4.78 is 29.4. The van der Waals surface area contributed by atoms with Crippen molar-refractivity contribution < 1.29 is 23.4 Å². The van der Waals surface area contributed by atoms with E-state index in [9.17, 15) is 18.7 Å². The summed E-state index contributed by atoms with van der Waals surface area (Å²) in [5.74, 6) is -0.113. The number of aliphatic hydroxyl groups excluding tert-OH is 1. The van der Waals surface area contributed by atoms with Crippen LogP contribution in [0.25, 0.3) is 0 Å². The monoisotopic (exact) mass is 350 g/mol. The molecule has 134 valence electrons. The van der Waals surface area contributed by atoms with Gasteiger partial charge >= 0.3 is 12.6 Å². The highest BCUT2D eigenvalue weighted by atomic mass is 19.3. The average Bonchev–Trinajstić information content (AvgIpc) is 2.61. The van der Waals surface area contributed by atoms with Crippen molar-refractivity contribution in [3.05, 3.63) is 60.2 Å². The van der Waals surface area contributed by atoms with Gasteiger partial charge < -0.3 is 20.1 Å². The van der Waals surface area contributed by atoms with E-state index < -0.39 is 12.6 Å². The van der Waals surface area contributed by atoms with Gasteiger partial charge in [0.25, 0.3) is 0 Å². The Morgan fingerprint density at radius 3 is 2.44 bits per heavy atom. The number of carbonyl (C=O) groups is 1. The van der Waals surface area contributed by atoms with Gasteiger partial charge in [0.15, 0.2) is 0 Å². The Morgan fingerprint density at radius 2 is 1.80 bits per heavy atom. The number of amides is 2. The van der Waals surface area contributed by atoms with E-state index >= 15 is 0 Å². The molecule has 2 aromatic carbocycles. The molecule has 5 nitrogen and oxygen atoms in total. The molecule has 0 saturated heterocycles. The smallest absolute Gasteiger partial charge is 0.387 e. The lowest BCUT2D eigenvalue weighted by atomic mass is 10.0. The number of anilines is 1. The minimum absolute atomic E-state index is 0.0950. The van der Waals surface area contributed by atoms with E-state index in [2.05, 4.69) is 10.1 Å². The summed E-state index contributed by atoms with van der Waals surface area (Å²) in [6, 6.07) is 14.4. The lowest BCUT2D eigenvalue weighted by Crippen LogP contribution is -2.35. The fourth-order valence-corrected chi connectivity index (χ4v) is 2.49. The Kier molecular flexibility index (Phi) is 6.71. The maximum absolute atomic E-state index is 12.5. The second kappa shape index (κ2) is 8.98. The molecular weight excluding hydrogens is 330 g/mol. The van der Waals surface area contributed by atoms with E-state index in [1.54, 1.807) is 13.1 Å². The number of hydrogen-bond donors (Lipinski definition) is 2. The number of carbonyl (C=O) groups excluding carboxylic acids is 1. The maximum Gasteiger partial charge on any atom is 0.387 e. The third kappa shape index (κ3) is 5.15. The van der Waals surface area contributed by atoms with Crippen LogP contribution in [-0.2, 0) is 0 Å². The molecule has 0 radical (unpaired) electrons. The second-order valence-corrected chi connectivity index (χ2v) is 5.35. The predicted molar refractivity (Wildman–Crippen MR) is 90.7 cm³/mol. The Bertz CT molecular complexity index is 683. The first kappa shape index (κ1) is 18.7. The number of rotatable bonds is 7. The molecule has 2 amide bonds. The van der Waals surface area contributed by atoms with Gasteiger partial charge in [0.2, 0.25) is 0 Å². The number of nitrogens with one attached hydrogen (secondary N) is 1. The van der Waals surface area contributed by atoms with Gasteiger partial charge in [0.1, 0.15) is 5.75 Å². The van der Waals surface area contributed by atoms with Crippen LogP contribution in [0.2, 0.25) is 0 Å². The molecule has 0 heterocycles. The number of alkyl halides is 2. The van der Waals surface area contributed by atoms with Gasteiger partial charge in [-0.15, -0.1) is 0 Å². The number of benzene rings is 2. The summed E-state index contributed by atoms with van der Waals surface area (Å²) in [4.78, 5) is 14.0. The Morgan fingerprint density at radius 1 is 1.16 bits per heavy atom. The first-order valence-corrected chi connectivity index (χ1v) is 7.76. The molecule has 0 unspecified atom stereocenters. The van der Waals surface area contributed by atoms with Crippen LogP contribution in [0.3, 0.4) is 0 Å². The van der Waals surface area contributed by atoms with E-state index in [-0.39, 0.29) is 24.1 Å². The number of para-hydroxylation sites is 2. The van der Waals surface area contributed by atoms with Gasteiger partial charge in [-0.1, -0.05) is 42.5 Å². The molecule has 0 bridgehead atoms. The van der Waals surface area contributed by atoms with Gasteiger partial charge in [-0.25, -0.2) is 4.79 Å². The van der Waals surface area contributed by atoms with E-state index in [1.165, 1.54) is 23.1 Å². The van der Waals surface area contributed by atoms with Gasteiger partial charge in [0.05, 0.1) is 11.7 Å². The first-order chi connectivity index (χ1) is 12.0. The molecule has 0 aliphatic carbocycles. The summed E-state index contributed by atoms with van der Waals surface area (Å²) in [6.45, 7) is -3.08. The van der Waals surface area contributed by atoms with Gasteiger partial charge in [-0.3, -0.25) is 0 Å². The summed E-state index contributed by atoms with van der Waals surface area (Å²) >= 11 is 0. The minimum Gasteiger partial charge on any atom is -0.433 e. The highest BCUT2D eigenvalue weighted by Crippen LogP contribution is 2.28. The topological polar surface area (TPSA) is 61.8 Å². The van der Waals surface area contributed by atoms with Crippen LogP contribution >= 0.6 is 0 Å². The van der Waals surface area contributed by atoms with Crippen molar-refractivity contribution in [2.45, 2.75) is 19.1 Å². The van der Waals surface area contributed by atoms with Crippen molar-refractivity contribution in [1.29, 1.82) is 0 Å². The quantitative estimate of drug-likeness (QED) is 0.797. The van der Waals surface area contributed by atoms with Crippen molar-refractivity contribution in [3.63, 3.8) is 0 Å². The molecule has 2 aromatic rings. The fraction of sp³-hybridized carbons (Fsp3) is 0.278. The van der Waals surface area contributed by atoms with Crippen molar-refractivity contribution in [2.24, 2.45) is 0 Å². The van der Waals surface area contributed by atoms with Crippen molar-refractivity contribution in [2.75, 3.05) is 19.0 Å². The van der Waals surface area contributed by atoms with E-state index in [4.69, 9.17) is 0 Å². The van der Waals surface area contributed by atoms with Gasteiger partial charge in [0, 0.05) is 13.7 Å². The van der Waals surface area contributed by atoms with Gasteiger partial charge in [-0.05, 0) is 24.1 Å². The molecular formula is C18H20F2N2O3. The molecule has 0 aliphatic rings. The van der Waals surface area contributed by atoms with Crippen molar-refractivity contribution in [3.8, 4) is 5.75 Å². The molecule has 0 spiro atoms. The molecule has 0 fully saturated rings. The van der Waals surface area contributed by atoms with Crippen LogP contribution in [-0.4, -0.2) is 36.3 Å². The Hall–Kier alpha value is -2.67. The number of urea groups is 1. The SMILES string of the molecule is CN(C(=O)Nc1ccccc1OC(F)F)[C@H](CCO)c1ccccc1. The summed E-state index contributed by atoms with van der Waals surface area (Å²) in [5, 5.41) is 11.9. The van der Waals surface area contributed by atoms with Crippen molar-refractivity contribution in [1.82, 2.24) is 4.90 Å². The summed E-state index contributed by atoms with van der Waals surface area (Å²) in [5.41, 5.74) is 1.02. The molecule has 2 rings (SSSR count). The molecule has 25 heavy (non-hydrogen) atoms. The Labute approximate surface area is 144 Å². The number of hydrogen-bond acceptors (Lipinski definition) is 3. The number of nitrogens with zero attached hydrogens (tertiary/aromatic N) is 1. The highest BCUT2D eigenvalue weighted by molar-refractivity contribution is 5.91. The third-order valence-electron chi connectivity index (χ3n) is 3.72. The highest BCUT2D eigenvalue weighted by Gasteiger charge is 2.22. The lowest BCUT2D eigenvalue weighted by Gasteiger charge is -2.28. The van der Waals surface area contributed by atoms with E-state index in [0.717, 1.165) is 5.56 Å². The van der Waals surface area contributed by atoms with Gasteiger partial charge in [-0.2, -0.15) is 8.78 Å². The summed E-state index contributed by atoms with van der Waals surface area (Å²) in [7, 11) is 1.58. The zero-order valence-corrected chi connectivity index (χ0v) is 13.7.